The van der Waals surface area contributed by atoms with Gasteiger partial charge in [-0.05, 0) is 55.5 Å². The standard InChI is InChI=1S/C22H20N2O2/c1-16-8-10-17(11-9-16)21(25)23-19-14-12-18(13-15-19)22(26)24(2)20-6-4-3-5-7-20/h3-15H,1-2H3,(H,23,25). The van der Waals surface area contributed by atoms with Crippen LogP contribution in [0.1, 0.15) is 26.3 Å². The Bertz CT molecular complexity index is 901. The van der Waals surface area contributed by atoms with Gasteiger partial charge < -0.3 is 10.2 Å². The van der Waals surface area contributed by atoms with Crippen LogP contribution in [0.4, 0.5) is 11.4 Å². The molecule has 0 bridgehead atoms. The minimum Gasteiger partial charge on any atom is -0.322 e. The highest BCUT2D eigenvalue weighted by atomic mass is 16.2. The molecule has 0 saturated heterocycles. The monoisotopic (exact) mass is 344 g/mol. The summed E-state index contributed by atoms with van der Waals surface area (Å²) in [6, 6.07) is 23.7. The van der Waals surface area contributed by atoms with E-state index in [9.17, 15) is 9.59 Å². The number of hydrogen-bond acceptors (Lipinski definition) is 2. The third kappa shape index (κ3) is 3.98. The van der Waals surface area contributed by atoms with Crippen LogP contribution in [0, 0.1) is 6.92 Å². The van der Waals surface area contributed by atoms with E-state index >= 15 is 0 Å². The van der Waals surface area contributed by atoms with Gasteiger partial charge in [0.15, 0.2) is 0 Å². The summed E-state index contributed by atoms with van der Waals surface area (Å²) in [4.78, 5) is 26.4. The minimum absolute atomic E-state index is 0.104. The van der Waals surface area contributed by atoms with E-state index in [-0.39, 0.29) is 11.8 Å². The van der Waals surface area contributed by atoms with Gasteiger partial charge in [-0.1, -0.05) is 35.9 Å². The molecule has 3 aromatic carbocycles. The van der Waals surface area contributed by atoms with E-state index in [4.69, 9.17) is 0 Å². The largest absolute Gasteiger partial charge is 0.322 e. The SMILES string of the molecule is Cc1ccc(C(=O)Nc2ccc(C(=O)N(C)c3ccccc3)cc2)cc1. The van der Waals surface area contributed by atoms with Crippen LogP contribution in [0.15, 0.2) is 78.9 Å². The molecule has 130 valence electrons. The van der Waals surface area contributed by atoms with Gasteiger partial charge in [-0.2, -0.15) is 0 Å². The zero-order valence-electron chi connectivity index (χ0n) is 14.8. The Morgan fingerprint density at radius 2 is 1.35 bits per heavy atom. The van der Waals surface area contributed by atoms with Crippen LogP contribution in [-0.2, 0) is 0 Å². The van der Waals surface area contributed by atoms with Crippen molar-refractivity contribution in [3.63, 3.8) is 0 Å². The van der Waals surface area contributed by atoms with Crippen molar-refractivity contribution in [3.8, 4) is 0 Å². The lowest BCUT2D eigenvalue weighted by molar-refractivity contribution is 0.0991. The molecule has 0 saturated carbocycles. The first kappa shape index (κ1) is 17.4. The molecule has 1 N–H and O–H groups in total. The maximum absolute atomic E-state index is 12.6. The van der Waals surface area contributed by atoms with E-state index in [1.54, 1.807) is 48.3 Å². The molecule has 0 heterocycles. The molecule has 0 radical (unpaired) electrons. The Balaban J connectivity index is 1.69. The van der Waals surface area contributed by atoms with Crippen molar-refractivity contribution in [2.45, 2.75) is 6.92 Å². The van der Waals surface area contributed by atoms with Gasteiger partial charge in [0.05, 0.1) is 0 Å². The lowest BCUT2D eigenvalue weighted by Gasteiger charge is -2.17. The number of amides is 2. The van der Waals surface area contributed by atoms with Gasteiger partial charge in [-0.15, -0.1) is 0 Å². The smallest absolute Gasteiger partial charge is 0.258 e. The molecule has 4 heteroatoms. The molecule has 0 spiro atoms. The van der Waals surface area contributed by atoms with Crippen LogP contribution < -0.4 is 10.2 Å². The zero-order chi connectivity index (χ0) is 18.5. The van der Waals surface area contributed by atoms with Gasteiger partial charge in [-0.3, -0.25) is 9.59 Å². The first-order valence-corrected chi connectivity index (χ1v) is 8.36. The zero-order valence-corrected chi connectivity index (χ0v) is 14.8. The van der Waals surface area contributed by atoms with Gasteiger partial charge in [0.2, 0.25) is 0 Å². The first-order chi connectivity index (χ1) is 12.5. The van der Waals surface area contributed by atoms with E-state index in [0.717, 1.165) is 11.3 Å². The Hall–Kier alpha value is -3.40. The van der Waals surface area contributed by atoms with Crippen molar-refractivity contribution < 1.29 is 9.59 Å². The quantitative estimate of drug-likeness (QED) is 0.756. The van der Waals surface area contributed by atoms with Crippen molar-refractivity contribution in [1.29, 1.82) is 0 Å². The summed E-state index contributed by atoms with van der Waals surface area (Å²) in [6.45, 7) is 1.98. The van der Waals surface area contributed by atoms with E-state index in [0.29, 0.717) is 16.8 Å². The minimum atomic E-state index is -0.175. The molecule has 3 aromatic rings. The number of para-hydroxylation sites is 1. The molecule has 0 aliphatic rings. The fourth-order valence-corrected chi connectivity index (χ4v) is 2.57. The summed E-state index contributed by atoms with van der Waals surface area (Å²) in [5.41, 5.74) is 3.74. The Morgan fingerprint density at radius 3 is 1.96 bits per heavy atom. The van der Waals surface area contributed by atoms with Gasteiger partial charge in [-0.25, -0.2) is 0 Å². The van der Waals surface area contributed by atoms with Crippen molar-refractivity contribution in [2.24, 2.45) is 0 Å². The summed E-state index contributed by atoms with van der Waals surface area (Å²) in [5, 5.41) is 2.84. The fourth-order valence-electron chi connectivity index (χ4n) is 2.57. The lowest BCUT2D eigenvalue weighted by Crippen LogP contribution is -2.26. The van der Waals surface area contributed by atoms with Crippen molar-refractivity contribution in [3.05, 3.63) is 95.6 Å². The second kappa shape index (κ2) is 7.66. The normalized spacial score (nSPS) is 10.2. The predicted molar refractivity (Wildman–Crippen MR) is 105 cm³/mol. The number of carbonyl (C=O) groups is 2. The van der Waals surface area contributed by atoms with Crippen LogP contribution in [0.3, 0.4) is 0 Å². The van der Waals surface area contributed by atoms with Crippen LogP contribution in [0.5, 0.6) is 0 Å². The average Bonchev–Trinajstić information content (AvgIpc) is 2.68. The topological polar surface area (TPSA) is 49.4 Å². The van der Waals surface area contributed by atoms with Crippen LogP contribution in [-0.4, -0.2) is 18.9 Å². The van der Waals surface area contributed by atoms with Gasteiger partial charge >= 0.3 is 0 Å². The highest BCUT2D eigenvalue weighted by Gasteiger charge is 2.13. The van der Waals surface area contributed by atoms with Crippen LogP contribution in [0.25, 0.3) is 0 Å². The number of hydrogen-bond donors (Lipinski definition) is 1. The summed E-state index contributed by atoms with van der Waals surface area (Å²) in [5.74, 6) is -0.280. The summed E-state index contributed by atoms with van der Waals surface area (Å²) < 4.78 is 0. The molecule has 0 aromatic heterocycles. The summed E-state index contributed by atoms with van der Waals surface area (Å²) >= 11 is 0. The molecule has 4 nitrogen and oxygen atoms in total. The summed E-state index contributed by atoms with van der Waals surface area (Å²) in [7, 11) is 1.74. The van der Waals surface area contributed by atoms with Crippen molar-refractivity contribution >= 4 is 23.2 Å². The van der Waals surface area contributed by atoms with Gasteiger partial charge in [0.1, 0.15) is 0 Å². The number of nitrogens with one attached hydrogen (secondary N) is 1. The van der Waals surface area contributed by atoms with E-state index < -0.39 is 0 Å². The number of rotatable bonds is 4. The Morgan fingerprint density at radius 1 is 0.769 bits per heavy atom. The maximum Gasteiger partial charge on any atom is 0.258 e. The fraction of sp³-hybridized carbons (Fsp3) is 0.0909. The van der Waals surface area contributed by atoms with Crippen LogP contribution in [0.2, 0.25) is 0 Å². The van der Waals surface area contributed by atoms with E-state index in [1.807, 2.05) is 49.4 Å². The molecule has 3 rings (SSSR count). The molecule has 0 atom stereocenters. The molecule has 0 aliphatic heterocycles. The molecule has 26 heavy (non-hydrogen) atoms. The lowest BCUT2D eigenvalue weighted by atomic mass is 10.1. The Kier molecular flexibility index (Phi) is 5.13. The number of carbonyl (C=O) groups excluding carboxylic acids is 2. The summed E-state index contributed by atoms with van der Waals surface area (Å²) in [6.07, 6.45) is 0. The molecule has 0 aliphatic carbocycles. The van der Waals surface area contributed by atoms with Crippen LogP contribution >= 0.6 is 0 Å². The molecular weight excluding hydrogens is 324 g/mol. The van der Waals surface area contributed by atoms with Gasteiger partial charge in [0, 0.05) is 29.5 Å². The maximum atomic E-state index is 12.6. The number of aryl methyl sites for hydroxylation is 1. The van der Waals surface area contributed by atoms with Gasteiger partial charge in [0.25, 0.3) is 11.8 Å². The second-order valence-electron chi connectivity index (χ2n) is 6.10. The molecule has 2 amide bonds. The highest BCUT2D eigenvalue weighted by Crippen LogP contribution is 2.17. The average molecular weight is 344 g/mol. The Labute approximate surface area is 153 Å². The number of benzene rings is 3. The predicted octanol–water partition coefficient (Wildman–Crippen LogP) is 4.52. The third-order valence-electron chi connectivity index (χ3n) is 4.15. The van der Waals surface area contributed by atoms with Crippen molar-refractivity contribution in [1.82, 2.24) is 0 Å². The molecule has 0 unspecified atom stereocenters. The molecule has 0 fully saturated rings. The first-order valence-electron chi connectivity index (χ1n) is 8.36. The highest BCUT2D eigenvalue weighted by molar-refractivity contribution is 6.07. The van der Waals surface area contributed by atoms with Crippen molar-refractivity contribution in [2.75, 3.05) is 17.3 Å². The number of anilines is 2. The number of nitrogens with zero attached hydrogens (tertiary/aromatic N) is 1. The van der Waals surface area contributed by atoms with E-state index in [1.165, 1.54) is 0 Å². The second-order valence-corrected chi connectivity index (χ2v) is 6.10. The van der Waals surface area contributed by atoms with E-state index in [2.05, 4.69) is 5.32 Å². The molecular formula is C22H20N2O2. The third-order valence-corrected chi connectivity index (χ3v) is 4.15.